The first kappa shape index (κ1) is 6.67. The van der Waals surface area contributed by atoms with E-state index in [0.717, 1.165) is 0 Å². The molecule has 1 unspecified atom stereocenters. The summed E-state index contributed by atoms with van der Waals surface area (Å²) in [6.45, 7) is 0. The third-order valence-corrected chi connectivity index (χ3v) is 1.05. The van der Waals surface area contributed by atoms with Crippen molar-refractivity contribution in [2.75, 3.05) is 0 Å². The van der Waals surface area contributed by atoms with Crippen molar-refractivity contribution in [3.8, 4) is 0 Å². The molecule has 1 heterocycles. The molecule has 1 rings (SSSR count). The number of hydrogen-bond donors (Lipinski definition) is 2. The number of aliphatic carboxylic acids is 1. The lowest BCUT2D eigenvalue weighted by atomic mass is 10.2. The summed E-state index contributed by atoms with van der Waals surface area (Å²) in [6.07, 6.45) is 2.69. The van der Waals surface area contributed by atoms with Crippen LogP contribution in [0, 0.1) is 0 Å². The third-order valence-electron chi connectivity index (χ3n) is 1.05. The molecular formula is C6H6O4. The highest BCUT2D eigenvalue weighted by molar-refractivity contribution is 5.75. The monoisotopic (exact) mass is 142 g/mol. The molecule has 4 nitrogen and oxygen atoms in total. The Morgan fingerprint density at radius 2 is 2.40 bits per heavy atom. The minimum Gasteiger partial charge on any atom is -0.508 e. The summed E-state index contributed by atoms with van der Waals surface area (Å²) in [4.78, 5) is 10.2. The van der Waals surface area contributed by atoms with Gasteiger partial charge >= 0.3 is 5.97 Å². The molecule has 54 valence electrons. The highest BCUT2D eigenvalue weighted by Crippen LogP contribution is 2.09. The van der Waals surface area contributed by atoms with Gasteiger partial charge in [-0.15, -0.1) is 0 Å². The molecule has 4 heteroatoms. The van der Waals surface area contributed by atoms with Gasteiger partial charge in [0, 0.05) is 0 Å². The lowest BCUT2D eigenvalue weighted by Crippen LogP contribution is -2.25. The summed E-state index contributed by atoms with van der Waals surface area (Å²) in [5.41, 5.74) is 0. The molecule has 0 saturated heterocycles. The van der Waals surface area contributed by atoms with Crippen molar-refractivity contribution in [1.82, 2.24) is 0 Å². The van der Waals surface area contributed by atoms with Gasteiger partial charge in [0.15, 0.2) is 0 Å². The van der Waals surface area contributed by atoms with Crippen LogP contribution in [0.25, 0.3) is 0 Å². The minimum atomic E-state index is -1.23. The first-order valence-corrected chi connectivity index (χ1v) is 2.66. The van der Waals surface area contributed by atoms with Gasteiger partial charge in [-0.2, -0.15) is 0 Å². The maximum absolute atomic E-state index is 10.2. The van der Waals surface area contributed by atoms with Crippen molar-refractivity contribution in [2.24, 2.45) is 0 Å². The number of rotatable bonds is 1. The number of carbonyl (C=O) groups is 1. The molecule has 0 aromatic carbocycles. The molecule has 0 bridgehead atoms. The topological polar surface area (TPSA) is 66.8 Å². The first-order chi connectivity index (χ1) is 4.72. The molecule has 0 aliphatic carbocycles. The molecule has 1 aliphatic heterocycles. The SMILES string of the molecule is O=C(O)C1OC=CC=C1O. The van der Waals surface area contributed by atoms with Gasteiger partial charge < -0.3 is 14.9 Å². The van der Waals surface area contributed by atoms with Gasteiger partial charge in [0.05, 0.1) is 6.26 Å². The summed E-state index contributed by atoms with van der Waals surface area (Å²) in [5.74, 6) is -1.48. The van der Waals surface area contributed by atoms with Gasteiger partial charge in [-0.3, -0.25) is 0 Å². The summed E-state index contributed by atoms with van der Waals surface area (Å²) >= 11 is 0. The van der Waals surface area contributed by atoms with Crippen LogP contribution in [0.4, 0.5) is 0 Å². The van der Waals surface area contributed by atoms with Crippen molar-refractivity contribution in [1.29, 1.82) is 0 Å². The van der Waals surface area contributed by atoms with E-state index in [1.807, 2.05) is 0 Å². The van der Waals surface area contributed by atoms with E-state index in [4.69, 9.17) is 10.2 Å². The standard InChI is InChI=1S/C6H6O4/c7-4-2-1-3-10-5(4)6(8)9/h1-3,5,7H,(H,8,9). The van der Waals surface area contributed by atoms with Crippen LogP contribution in [-0.4, -0.2) is 22.3 Å². The molecule has 0 aromatic heterocycles. The van der Waals surface area contributed by atoms with E-state index in [9.17, 15) is 4.79 Å². The van der Waals surface area contributed by atoms with Gasteiger partial charge in [-0.05, 0) is 12.2 Å². The second kappa shape index (κ2) is 2.43. The average molecular weight is 142 g/mol. The number of carboxylic acids is 1. The zero-order valence-electron chi connectivity index (χ0n) is 5.02. The number of aliphatic hydroxyl groups excluding tert-OH is 1. The first-order valence-electron chi connectivity index (χ1n) is 2.66. The number of hydrogen-bond acceptors (Lipinski definition) is 3. The zero-order chi connectivity index (χ0) is 7.56. The summed E-state index contributed by atoms with van der Waals surface area (Å²) in [7, 11) is 0. The Kier molecular flexibility index (Phi) is 1.62. The Morgan fingerprint density at radius 3 is 2.80 bits per heavy atom. The Hall–Kier alpha value is -1.45. The van der Waals surface area contributed by atoms with Crippen LogP contribution in [0.2, 0.25) is 0 Å². The van der Waals surface area contributed by atoms with Crippen molar-refractivity contribution in [2.45, 2.75) is 6.10 Å². The molecule has 10 heavy (non-hydrogen) atoms. The number of carboxylic acid groups (broad SMARTS) is 1. The molecule has 0 spiro atoms. The van der Waals surface area contributed by atoms with Crippen LogP contribution in [0.3, 0.4) is 0 Å². The maximum Gasteiger partial charge on any atom is 0.352 e. The molecule has 1 atom stereocenters. The fourth-order valence-electron chi connectivity index (χ4n) is 0.604. The van der Waals surface area contributed by atoms with Gasteiger partial charge in [-0.1, -0.05) is 0 Å². The largest absolute Gasteiger partial charge is 0.508 e. The predicted molar refractivity (Wildman–Crippen MR) is 32.4 cm³/mol. The van der Waals surface area contributed by atoms with E-state index in [1.165, 1.54) is 18.4 Å². The van der Waals surface area contributed by atoms with Crippen LogP contribution in [0.1, 0.15) is 0 Å². The quantitative estimate of drug-likeness (QED) is 0.557. The van der Waals surface area contributed by atoms with Gasteiger partial charge in [0.2, 0.25) is 0 Å². The Morgan fingerprint density at radius 1 is 1.70 bits per heavy atom. The summed E-state index contributed by atoms with van der Waals surface area (Å²) in [6, 6.07) is 0. The fourth-order valence-corrected chi connectivity index (χ4v) is 0.604. The third kappa shape index (κ3) is 1.10. The minimum absolute atomic E-state index is 0.282. The van der Waals surface area contributed by atoms with Crippen LogP contribution < -0.4 is 0 Å². The Labute approximate surface area is 57.0 Å². The summed E-state index contributed by atoms with van der Waals surface area (Å²) in [5, 5.41) is 17.2. The van der Waals surface area contributed by atoms with E-state index < -0.39 is 12.1 Å². The average Bonchev–Trinajstić information content (AvgIpc) is 1.88. The Bertz CT molecular complexity index is 204. The molecule has 0 fully saturated rings. The molecule has 0 aromatic rings. The molecule has 0 saturated carbocycles. The maximum atomic E-state index is 10.2. The fraction of sp³-hybridized carbons (Fsp3) is 0.167. The molecule has 0 amide bonds. The van der Waals surface area contributed by atoms with Crippen LogP contribution in [-0.2, 0) is 9.53 Å². The Balaban J connectivity index is 2.73. The molecule has 2 N–H and O–H groups in total. The van der Waals surface area contributed by atoms with Crippen molar-refractivity contribution in [3.63, 3.8) is 0 Å². The van der Waals surface area contributed by atoms with E-state index in [2.05, 4.69) is 4.74 Å². The van der Waals surface area contributed by atoms with Crippen LogP contribution in [0.15, 0.2) is 24.2 Å². The van der Waals surface area contributed by atoms with Gasteiger partial charge in [0.1, 0.15) is 5.76 Å². The number of allylic oxidation sites excluding steroid dienone is 2. The smallest absolute Gasteiger partial charge is 0.352 e. The van der Waals surface area contributed by atoms with E-state index in [1.54, 1.807) is 0 Å². The van der Waals surface area contributed by atoms with E-state index >= 15 is 0 Å². The lowest BCUT2D eigenvalue weighted by molar-refractivity contribution is -0.146. The predicted octanol–water partition coefficient (Wildman–Crippen LogP) is 0.425. The highest BCUT2D eigenvalue weighted by Gasteiger charge is 2.23. The van der Waals surface area contributed by atoms with Crippen molar-refractivity contribution >= 4 is 5.97 Å². The van der Waals surface area contributed by atoms with Gasteiger partial charge in [0.25, 0.3) is 6.10 Å². The number of ether oxygens (including phenoxy) is 1. The van der Waals surface area contributed by atoms with Gasteiger partial charge in [-0.25, -0.2) is 4.79 Å². The van der Waals surface area contributed by atoms with Crippen molar-refractivity contribution < 1.29 is 19.7 Å². The second-order valence-corrected chi connectivity index (χ2v) is 1.77. The lowest BCUT2D eigenvalue weighted by Gasteiger charge is -2.12. The van der Waals surface area contributed by atoms with E-state index in [-0.39, 0.29) is 5.76 Å². The van der Waals surface area contributed by atoms with Crippen molar-refractivity contribution in [3.05, 3.63) is 24.2 Å². The molecule has 1 aliphatic rings. The van der Waals surface area contributed by atoms with Crippen LogP contribution >= 0.6 is 0 Å². The molecular weight excluding hydrogens is 136 g/mol. The van der Waals surface area contributed by atoms with Crippen LogP contribution in [0.5, 0.6) is 0 Å². The number of aliphatic hydroxyl groups is 1. The summed E-state index contributed by atoms with van der Waals surface area (Å²) < 4.78 is 4.55. The highest BCUT2D eigenvalue weighted by atomic mass is 16.5. The normalized spacial score (nSPS) is 23.2. The zero-order valence-corrected chi connectivity index (χ0v) is 5.02. The molecule has 0 radical (unpaired) electrons. The second-order valence-electron chi connectivity index (χ2n) is 1.77. The van der Waals surface area contributed by atoms with E-state index in [0.29, 0.717) is 0 Å².